The van der Waals surface area contributed by atoms with Crippen LogP contribution in [0.1, 0.15) is 45.1 Å². The number of thiazole rings is 1. The van der Waals surface area contributed by atoms with Crippen molar-refractivity contribution in [2.45, 2.75) is 45.6 Å². The van der Waals surface area contributed by atoms with Crippen molar-refractivity contribution in [1.82, 2.24) is 14.2 Å². The average molecular weight is 464 g/mol. The number of sulfonamides is 1. The van der Waals surface area contributed by atoms with Crippen molar-refractivity contribution in [2.24, 2.45) is 0 Å². The number of ether oxygens (including phenoxy) is 1. The summed E-state index contributed by atoms with van der Waals surface area (Å²) in [6.45, 7) is 5.92. The highest BCUT2D eigenvalue weighted by Gasteiger charge is 2.25. The van der Waals surface area contributed by atoms with E-state index < -0.39 is 10.0 Å². The summed E-state index contributed by atoms with van der Waals surface area (Å²) in [6, 6.07) is 6.19. The maximum Gasteiger partial charge on any atom is 0.274 e. The zero-order chi connectivity index (χ0) is 22.0. The number of carbonyl (C=O) groups is 1. The Hall–Kier alpha value is -1.97. The van der Waals surface area contributed by atoms with Gasteiger partial charge in [0, 0.05) is 45.9 Å². The van der Waals surface area contributed by atoms with Crippen LogP contribution in [-0.4, -0.2) is 66.5 Å². The van der Waals surface area contributed by atoms with Crippen molar-refractivity contribution in [3.05, 3.63) is 29.8 Å². The molecule has 4 rings (SSSR count). The van der Waals surface area contributed by atoms with Crippen LogP contribution in [0.2, 0.25) is 0 Å². The van der Waals surface area contributed by atoms with Crippen LogP contribution in [0.4, 0.5) is 0 Å². The topological polar surface area (TPSA) is 79.8 Å². The van der Waals surface area contributed by atoms with E-state index in [1.165, 1.54) is 5.57 Å². The highest BCUT2D eigenvalue weighted by Crippen LogP contribution is 2.33. The maximum atomic E-state index is 12.3. The molecule has 1 fully saturated rings. The molecule has 9 heteroatoms. The number of fused-ring (bicyclic) bond motifs is 1. The first-order valence-electron chi connectivity index (χ1n) is 10.9. The molecule has 31 heavy (non-hydrogen) atoms. The van der Waals surface area contributed by atoms with Gasteiger partial charge in [0.25, 0.3) is 5.19 Å². The third-order valence-electron chi connectivity index (χ3n) is 5.92. The van der Waals surface area contributed by atoms with E-state index >= 15 is 0 Å². The zero-order valence-electron chi connectivity index (χ0n) is 18.0. The van der Waals surface area contributed by atoms with E-state index in [0.29, 0.717) is 31.1 Å². The molecule has 0 atom stereocenters. The summed E-state index contributed by atoms with van der Waals surface area (Å²) < 4.78 is 33.3. The van der Waals surface area contributed by atoms with Gasteiger partial charge in [0.1, 0.15) is 6.10 Å². The summed E-state index contributed by atoms with van der Waals surface area (Å²) >= 11 is 1.54. The number of amides is 1. The van der Waals surface area contributed by atoms with E-state index in [1.54, 1.807) is 22.6 Å². The Kier molecular flexibility index (Phi) is 6.64. The lowest BCUT2D eigenvalue weighted by Gasteiger charge is -2.30. The molecule has 2 aliphatic heterocycles. The first kappa shape index (κ1) is 22.2. The van der Waals surface area contributed by atoms with E-state index in [-0.39, 0.29) is 17.8 Å². The number of aromatic nitrogens is 1. The van der Waals surface area contributed by atoms with Gasteiger partial charge in [-0.25, -0.2) is 13.4 Å². The molecule has 7 nitrogen and oxygen atoms in total. The summed E-state index contributed by atoms with van der Waals surface area (Å²) in [5.74, 6) is 0.327. The molecule has 1 aromatic carbocycles. The fourth-order valence-corrected chi connectivity index (χ4v) is 6.50. The number of likely N-dealkylation sites (tertiary alicyclic amines) is 1. The fourth-order valence-electron chi connectivity index (χ4n) is 4.14. The van der Waals surface area contributed by atoms with Crippen molar-refractivity contribution < 1.29 is 17.9 Å². The van der Waals surface area contributed by atoms with Gasteiger partial charge in [0.15, 0.2) is 0 Å². The number of piperidine rings is 1. The third kappa shape index (κ3) is 5.10. The minimum absolute atomic E-state index is 0.0905. The molecule has 168 valence electrons. The van der Waals surface area contributed by atoms with E-state index in [9.17, 15) is 13.2 Å². The second-order valence-electron chi connectivity index (χ2n) is 8.14. The second kappa shape index (κ2) is 9.26. The molecule has 1 aromatic heterocycles. The Morgan fingerprint density at radius 2 is 2.03 bits per heavy atom. The highest BCUT2D eigenvalue weighted by molar-refractivity contribution is 7.89. The van der Waals surface area contributed by atoms with Crippen molar-refractivity contribution >= 4 is 43.1 Å². The van der Waals surface area contributed by atoms with Crippen LogP contribution in [0.15, 0.2) is 24.3 Å². The highest BCUT2D eigenvalue weighted by atomic mass is 32.2. The first-order valence-corrected chi connectivity index (χ1v) is 13.3. The Morgan fingerprint density at radius 3 is 2.68 bits per heavy atom. The SMILES string of the molecule is CCCS(=O)(=O)N1CC=C(c2ccc3nc(OC4CCN(C(C)=O)CC4)sc3c2)CC1. The predicted octanol–water partition coefficient (Wildman–Crippen LogP) is 3.51. The van der Waals surface area contributed by atoms with Crippen LogP contribution in [0.3, 0.4) is 0 Å². The third-order valence-corrected chi connectivity index (χ3v) is 8.87. The lowest BCUT2D eigenvalue weighted by atomic mass is 10.0. The van der Waals surface area contributed by atoms with Gasteiger partial charge in [-0.1, -0.05) is 30.4 Å². The van der Waals surface area contributed by atoms with Crippen LogP contribution in [-0.2, 0) is 14.8 Å². The molecule has 2 aliphatic rings. The summed E-state index contributed by atoms with van der Waals surface area (Å²) in [4.78, 5) is 18.0. The quantitative estimate of drug-likeness (QED) is 0.655. The molecule has 0 spiro atoms. The summed E-state index contributed by atoms with van der Waals surface area (Å²) in [5, 5.41) is 0.669. The molecule has 0 radical (unpaired) electrons. The van der Waals surface area contributed by atoms with Crippen LogP contribution < -0.4 is 4.74 Å². The van der Waals surface area contributed by atoms with E-state index in [2.05, 4.69) is 17.1 Å². The Labute approximate surface area is 187 Å². The molecular formula is C22H29N3O4S2. The molecule has 0 aliphatic carbocycles. The first-order chi connectivity index (χ1) is 14.9. The van der Waals surface area contributed by atoms with Gasteiger partial charge in [0.05, 0.1) is 16.0 Å². The van der Waals surface area contributed by atoms with Crippen LogP contribution in [0.25, 0.3) is 15.8 Å². The number of benzene rings is 1. The van der Waals surface area contributed by atoms with Crippen molar-refractivity contribution in [1.29, 1.82) is 0 Å². The van der Waals surface area contributed by atoms with Gasteiger partial charge < -0.3 is 9.64 Å². The molecule has 0 bridgehead atoms. The van der Waals surface area contributed by atoms with Gasteiger partial charge in [0.2, 0.25) is 15.9 Å². The van der Waals surface area contributed by atoms with Crippen LogP contribution in [0.5, 0.6) is 5.19 Å². The minimum Gasteiger partial charge on any atom is -0.467 e. The molecule has 0 N–H and O–H groups in total. The zero-order valence-corrected chi connectivity index (χ0v) is 19.7. The molecule has 0 unspecified atom stereocenters. The van der Waals surface area contributed by atoms with Gasteiger partial charge in [-0.2, -0.15) is 4.31 Å². The minimum atomic E-state index is -3.15. The van der Waals surface area contributed by atoms with Crippen LogP contribution in [0, 0.1) is 0 Å². The fraction of sp³-hybridized carbons (Fsp3) is 0.545. The Morgan fingerprint density at radius 1 is 1.26 bits per heavy atom. The standard InChI is InChI=1S/C22H29N3O4S2/c1-3-14-31(27,28)25-12-6-17(7-13-25)18-4-5-20-21(15-18)30-22(23-20)29-19-8-10-24(11-9-19)16(2)26/h4-6,15,19H,3,7-14H2,1-2H3. The van der Waals surface area contributed by atoms with Crippen LogP contribution >= 0.6 is 11.3 Å². The molecule has 0 saturated carbocycles. The van der Waals surface area contributed by atoms with E-state index in [1.807, 2.05) is 24.0 Å². The summed E-state index contributed by atoms with van der Waals surface area (Å²) in [6.07, 6.45) is 5.12. The monoisotopic (exact) mass is 463 g/mol. The lowest BCUT2D eigenvalue weighted by Crippen LogP contribution is -2.40. The number of nitrogens with zero attached hydrogens (tertiary/aromatic N) is 3. The smallest absolute Gasteiger partial charge is 0.274 e. The summed E-state index contributed by atoms with van der Waals surface area (Å²) in [7, 11) is -3.15. The van der Waals surface area contributed by atoms with Crippen molar-refractivity contribution in [2.75, 3.05) is 31.9 Å². The Balaban J connectivity index is 1.43. The molecular weight excluding hydrogens is 434 g/mol. The van der Waals surface area contributed by atoms with E-state index in [4.69, 9.17) is 4.74 Å². The Bertz CT molecular complexity index is 1090. The lowest BCUT2D eigenvalue weighted by molar-refractivity contribution is -0.130. The van der Waals surface area contributed by atoms with Gasteiger partial charge in [-0.05, 0) is 36.1 Å². The van der Waals surface area contributed by atoms with Crippen molar-refractivity contribution in [3.8, 4) is 5.19 Å². The normalized spacial score (nSPS) is 18.9. The molecule has 2 aromatic rings. The number of hydrogen-bond acceptors (Lipinski definition) is 6. The van der Waals surface area contributed by atoms with Gasteiger partial charge in [-0.3, -0.25) is 4.79 Å². The molecule has 1 amide bonds. The predicted molar refractivity (Wildman–Crippen MR) is 124 cm³/mol. The number of hydrogen-bond donors (Lipinski definition) is 0. The average Bonchev–Trinajstić information content (AvgIpc) is 3.15. The van der Waals surface area contributed by atoms with E-state index in [0.717, 1.165) is 41.7 Å². The van der Waals surface area contributed by atoms with Gasteiger partial charge >= 0.3 is 0 Å². The second-order valence-corrected chi connectivity index (χ2v) is 11.2. The van der Waals surface area contributed by atoms with Crippen molar-refractivity contribution in [3.63, 3.8) is 0 Å². The molecule has 1 saturated heterocycles. The summed E-state index contributed by atoms with van der Waals surface area (Å²) in [5.41, 5.74) is 3.20. The number of rotatable bonds is 6. The van der Waals surface area contributed by atoms with Gasteiger partial charge in [-0.15, -0.1) is 0 Å². The molecule has 3 heterocycles. The maximum absolute atomic E-state index is 12.3. The number of carbonyl (C=O) groups excluding carboxylic acids is 1. The largest absolute Gasteiger partial charge is 0.467 e.